The van der Waals surface area contributed by atoms with E-state index in [1.807, 2.05) is 30.4 Å². The third-order valence-electron chi connectivity index (χ3n) is 3.10. The molecule has 0 aliphatic heterocycles. The van der Waals surface area contributed by atoms with Gasteiger partial charge in [0.15, 0.2) is 0 Å². The molecule has 0 atom stereocenters. The zero-order chi connectivity index (χ0) is 16.7. The fraction of sp³-hybridized carbons (Fsp3) is 0.158. The Morgan fingerprint density at radius 3 is 2.50 bits per heavy atom. The van der Waals surface area contributed by atoms with Gasteiger partial charge >= 0.3 is 0 Å². The second kappa shape index (κ2) is 8.72. The van der Waals surface area contributed by atoms with E-state index in [1.165, 1.54) is 22.9 Å². The normalized spacial score (nSPS) is 11.5. The maximum absolute atomic E-state index is 6.20. The number of thioether (sulfide) groups is 1. The van der Waals surface area contributed by atoms with Gasteiger partial charge in [-0.2, -0.15) is 0 Å². The number of benzene rings is 1. The molecule has 0 aliphatic carbocycles. The molecule has 0 saturated heterocycles. The second-order valence-corrected chi connectivity index (χ2v) is 6.49. The summed E-state index contributed by atoms with van der Waals surface area (Å²) in [6.45, 7) is 17.5. The van der Waals surface area contributed by atoms with Crippen LogP contribution in [0.4, 0.5) is 0 Å². The summed E-state index contributed by atoms with van der Waals surface area (Å²) in [4.78, 5) is 1.83. The van der Waals surface area contributed by atoms with E-state index in [-0.39, 0.29) is 0 Å². The zero-order valence-electron chi connectivity index (χ0n) is 13.0. The predicted octanol–water partition coefficient (Wildman–Crippen LogP) is 6.09. The van der Waals surface area contributed by atoms with E-state index in [1.54, 1.807) is 0 Å². The third kappa shape index (κ3) is 4.97. The SMILES string of the molecule is C=CC/C(C)=C(/SC(=C)C(=C)N)c1cc(Cl)ccc1CC=C. The van der Waals surface area contributed by atoms with Crippen molar-refractivity contribution >= 4 is 28.3 Å². The van der Waals surface area contributed by atoms with Crippen LogP contribution in [0.25, 0.3) is 4.91 Å². The average Bonchev–Trinajstić information content (AvgIpc) is 2.46. The van der Waals surface area contributed by atoms with E-state index in [0.29, 0.717) is 10.7 Å². The van der Waals surface area contributed by atoms with Crippen LogP contribution in [-0.2, 0) is 6.42 Å². The van der Waals surface area contributed by atoms with Gasteiger partial charge in [0.05, 0.1) is 0 Å². The van der Waals surface area contributed by atoms with Crippen LogP contribution in [0.1, 0.15) is 24.5 Å². The van der Waals surface area contributed by atoms with E-state index < -0.39 is 0 Å². The highest BCUT2D eigenvalue weighted by Gasteiger charge is 2.13. The van der Waals surface area contributed by atoms with E-state index >= 15 is 0 Å². The van der Waals surface area contributed by atoms with Gasteiger partial charge in [0, 0.05) is 20.5 Å². The fourth-order valence-corrected chi connectivity index (χ4v) is 3.07. The molecule has 22 heavy (non-hydrogen) atoms. The summed E-state index contributed by atoms with van der Waals surface area (Å²) in [5.74, 6) is 0. The molecular formula is C19H22ClNS. The first-order valence-corrected chi connectivity index (χ1v) is 8.12. The Kier molecular flexibility index (Phi) is 7.30. The van der Waals surface area contributed by atoms with Crippen LogP contribution in [0.5, 0.6) is 0 Å². The molecular weight excluding hydrogens is 310 g/mol. The number of hydrogen-bond acceptors (Lipinski definition) is 2. The van der Waals surface area contributed by atoms with Gasteiger partial charge in [-0.25, -0.2) is 0 Å². The summed E-state index contributed by atoms with van der Waals surface area (Å²) >= 11 is 7.72. The Hall–Kier alpha value is -1.64. The van der Waals surface area contributed by atoms with E-state index in [9.17, 15) is 0 Å². The molecule has 0 heterocycles. The number of rotatable bonds is 8. The van der Waals surface area contributed by atoms with Crippen LogP contribution in [0, 0.1) is 0 Å². The van der Waals surface area contributed by atoms with Gasteiger partial charge in [-0.3, -0.25) is 0 Å². The van der Waals surface area contributed by atoms with Gasteiger partial charge < -0.3 is 5.73 Å². The first-order valence-electron chi connectivity index (χ1n) is 6.92. The van der Waals surface area contributed by atoms with Crippen LogP contribution >= 0.6 is 23.4 Å². The van der Waals surface area contributed by atoms with E-state index in [0.717, 1.165) is 28.2 Å². The van der Waals surface area contributed by atoms with Crippen LogP contribution in [-0.4, -0.2) is 0 Å². The molecule has 0 bridgehead atoms. The van der Waals surface area contributed by atoms with Crippen molar-refractivity contribution in [3.8, 4) is 0 Å². The lowest BCUT2D eigenvalue weighted by molar-refractivity contribution is 1.21. The topological polar surface area (TPSA) is 26.0 Å². The predicted molar refractivity (Wildman–Crippen MR) is 103 cm³/mol. The molecule has 1 aromatic rings. The lowest BCUT2D eigenvalue weighted by atomic mass is 10.0. The van der Waals surface area contributed by atoms with Gasteiger partial charge in [0.2, 0.25) is 0 Å². The Morgan fingerprint density at radius 2 is 1.95 bits per heavy atom. The summed E-state index contributed by atoms with van der Waals surface area (Å²) in [5.41, 5.74) is 9.68. The van der Waals surface area contributed by atoms with Crippen molar-refractivity contribution < 1.29 is 0 Å². The smallest absolute Gasteiger partial charge is 0.0412 e. The molecule has 1 rings (SSSR count). The molecule has 0 amide bonds. The Labute approximate surface area is 142 Å². The maximum Gasteiger partial charge on any atom is 0.0412 e. The minimum Gasteiger partial charge on any atom is -0.398 e. The Balaban J connectivity index is 3.44. The van der Waals surface area contributed by atoms with Crippen LogP contribution < -0.4 is 5.73 Å². The van der Waals surface area contributed by atoms with Crippen molar-refractivity contribution in [2.24, 2.45) is 5.73 Å². The monoisotopic (exact) mass is 331 g/mol. The fourth-order valence-electron chi connectivity index (χ4n) is 1.96. The summed E-state index contributed by atoms with van der Waals surface area (Å²) in [7, 11) is 0. The van der Waals surface area contributed by atoms with Crippen LogP contribution in [0.15, 0.2) is 72.8 Å². The van der Waals surface area contributed by atoms with Gasteiger partial charge in [0.25, 0.3) is 0 Å². The third-order valence-corrected chi connectivity index (χ3v) is 4.62. The van der Waals surface area contributed by atoms with Gasteiger partial charge in [-0.05, 0) is 43.0 Å². The molecule has 0 fully saturated rings. The number of hydrogen-bond donors (Lipinski definition) is 1. The van der Waals surface area contributed by atoms with Crippen LogP contribution in [0.3, 0.4) is 0 Å². The Bertz CT molecular complexity index is 641. The molecule has 0 spiro atoms. The molecule has 0 radical (unpaired) electrons. The van der Waals surface area contributed by atoms with Crippen molar-refractivity contribution in [1.29, 1.82) is 0 Å². The largest absolute Gasteiger partial charge is 0.398 e. The quantitative estimate of drug-likeness (QED) is 0.460. The standard InChI is InChI=1S/C19H22ClNS/c1-6-8-13(3)19(22-15(5)14(4)21)18-12-17(20)11-10-16(18)9-7-2/h6-7,10-12H,1-2,4-5,8-9,21H2,3H3/b19-13+. The first-order chi connectivity index (χ1) is 10.4. The molecule has 0 saturated carbocycles. The summed E-state index contributed by atoms with van der Waals surface area (Å²) in [6.07, 6.45) is 5.32. The molecule has 0 aromatic heterocycles. The molecule has 2 N–H and O–H groups in total. The molecule has 0 aliphatic rings. The molecule has 1 nitrogen and oxygen atoms in total. The van der Waals surface area contributed by atoms with Crippen molar-refractivity contribution in [3.05, 3.63) is 89.0 Å². The summed E-state index contributed by atoms with van der Waals surface area (Å²) in [5, 5.41) is 0.699. The van der Waals surface area contributed by atoms with Crippen molar-refractivity contribution in [3.63, 3.8) is 0 Å². The van der Waals surface area contributed by atoms with Gasteiger partial charge in [-0.1, -0.05) is 60.3 Å². The number of allylic oxidation sites excluding steroid dienone is 3. The van der Waals surface area contributed by atoms with Gasteiger partial charge in [-0.15, -0.1) is 13.2 Å². The first kappa shape index (κ1) is 18.4. The summed E-state index contributed by atoms with van der Waals surface area (Å²) in [6, 6.07) is 5.90. The lowest BCUT2D eigenvalue weighted by Crippen LogP contribution is -1.98. The van der Waals surface area contributed by atoms with Gasteiger partial charge in [0.1, 0.15) is 0 Å². The van der Waals surface area contributed by atoms with Crippen molar-refractivity contribution in [2.45, 2.75) is 19.8 Å². The second-order valence-electron chi connectivity index (χ2n) is 4.95. The minimum absolute atomic E-state index is 0.473. The Morgan fingerprint density at radius 1 is 1.27 bits per heavy atom. The molecule has 116 valence electrons. The average molecular weight is 332 g/mol. The van der Waals surface area contributed by atoms with E-state index in [4.69, 9.17) is 17.3 Å². The highest BCUT2D eigenvalue weighted by molar-refractivity contribution is 8.12. The van der Waals surface area contributed by atoms with E-state index in [2.05, 4.69) is 33.2 Å². The number of halogens is 1. The minimum atomic E-state index is 0.473. The highest BCUT2D eigenvalue weighted by atomic mass is 35.5. The van der Waals surface area contributed by atoms with Crippen molar-refractivity contribution in [1.82, 2.24) is 0 Å². The molecule has 1 aromatic carbocycles. The highest BCUT2D eigenvalue weighted by Crippen LogP contribution is 2.40. The van der Waals surface area contributed by atoms with Crippen LogP contribution in [0.2, 0.25) is 5.02 Å². The number of nitrogens with two attached hydrogens (primary N) is 1. The zero-order valence-corrected chi connectivity index (χ0v) is 14.6. The maximum atomic E-state index is 6.20. The van der Waals surface area contributed by atoms with Crippen molar-refractivity contribution in [2.75, 3.05) is 0 Å². The lowest BCUT2D eigenvalue weighted by Gasteiger charge is -2.17. The molecule has 0 unspecified atom stereocenters. The molecule has 3 heteroatoms. The summed E-state index contributed by atoms with van der Waals surface area (Å²) < 4.78 is 0.